The number of benzene rings is 1. The summed E-state index contributed by atoms with van der Waals surface area (Å²) in [6.07, 6.45) is 4.06. The maximum absolute atomic E-state index is 12.9. The number of aromatic nitrogens is 2. The number of ether oxygens (including phenoxy) is 1. The van der Waals surface area contributed by atoms with Crippen molar-refractivity contribution in [2.75, 3.05) is 26.0 Å². The van der Waals surface area contributed by atoms with Crippen LogP contribution in [0.15, 0.2) is 35.4 Å². The zero-order chi connectivity index (χ0) is 22.3. The van der Waals surface area contributed by atoms with Crippen molar-refractivity contribution in [1.29, 1.82) is 0 Å². The zero-order valence-electron chi connectivity index (χ0n) is 18.3. The number of thioether (sulfide) groups is 1. The van der Waals surface area contributed by atoms with Crippen LogP contribution in [-0.2, 0) is 5.60 Å². The number of rotatable bonds is 7. The first-order valence-electron chi connectivity index (χ1n) is 11.0. The lowest BCUT2D eigenvalue weighted by Crippen LogP contribution is -2.43. The molecule has 2 fully saturated rings. The van der Waals surface area contributed by atoms with E-state index in [2.05, 4.69) is 14.9 Å². The highest BCUT2D eigenvalue weighted by Crippen LogP contribution is 2.40. The highest BCUT2D eigenvalue weighted by molar-refractivity contribution is 8.00. The van der Waals surface area contributed by atoms with Gasteiger partial charge in [-0.3, -0.25) is 4.79 Å². The van der Waals surface area contributed by atoms with Gasteiger partial charge in [0.1, 0.15) is 22.2 Å². The summed E-state index contributed by atoms with van der Waals surface area (Å²) in [5.41, 5.74) is 0.0320. The van der Waals surface area contributed by atoms with E-state index in [4.69, 9.17) is 4.74 Å². The maximum Gasteiger partial charge on any atom is 0.183 e. The van der Waals surface area contributed by atoms with Crippen molar-refractivity contribution in [3.63, 3.8) is 0 Å². The monoisotopic (exact) mass is 469 g/mol. The van der Waals surface area contributed by atoms with E-state index in [1.54, 1.807) is 7.11 Å². The molecule has 6 nitrogen and oxygen atoms in total. The number of carbonyl (C=O) groups is 1. The van der Waals surface area contributed by atoms with Crippen molar-refractivity contribution in [3.8, 4) is 5.75 Å². The van der Waals surface area contributed by atoms with Crippen molar-refractivity contribution >= 4 is 39.8 Å². The van der Waals surface area contributed by atoms with Crippen LogP contribution in [0.3, 0.4) is 0 Å². The van der Waals surface area contributed by atoms with Gasteiger partial charge in [0.15, 0.2) is 5.78 Å². The third kappa shape index (κ3) is 4.41. The molecule has 168 valence electrons. The minimum atomic E-state index is -0.807. The average molecular weight is 470 g/mol. The summed E-state index contributed by atoms with van der Waals surface area (Å²) in [6, 6.07) is 10.2. The molecule has 2 aliphatic rings. The molecule has 1 saturated carbocycles. The number of hydrogen-bond acceptors (Lipinski definition) is 8. The number of methoxy groups -OCH3 is 1. The molecule has 2 aromatic heterocycles. The van der Waals surface area contributed by atoms with Crippen LogP contribution < -0.4 is 4.74 Å². The Balaban J connectivity index is 1.28. The largest absolute Gasteiger partial charge is 0.497 e. The number of fused-ring (bicyclic) bond motifs is 1. The summed E-state index contributed by atoms with van der Waals surface area (Å²) < 4.78 is 5.34. The van der Waals surface area contributed by atoms with Crippen molar-refractivity contribution < 1.29 is 14.6 Å². The molecule has 1 aromatic carbocycles. The summed E-state index contributed by atoms with van der Waals surface area (Å²) in [5, 5.41) is 12.9. The van der Waals surface area contributed by atoms with E-state index in [0.717, 1.165) is 58.5 Å². The molecule has 32 heavy (non-hydrogen) atoms. The fraction of sp³-hybridized carbons (Fsp3) is 0.458. The highest BCUT2D eigenvalue weighted by atomic mass is 32.2. The van der Waals surface area contributed by atoms with Crippen LogP contribution in [0.4, 0.5) is 0 Å². The molecule has 1 aliphatic carbocycles. The zero-order valence-corrected chi connectivity index (χ0v) is 20.0. The Hall–Kier alpha value is -2.00. The predicted octanol–water partition coefficient (Wildman–Crippen LogP) is 4.43. The maximum atomic E-state index is 12.9. The Morgan fingerprint density at radius 3 is 2.75 bits per heavy atom. The van der Waals surface area contributed by atoms with Gasteiger partial charge >= 0.3 is 0 Å². The number of carbonyl (C=O) groups excluding carboxylic acids is 1. The molecule has 5 rings (SSSR count). The van der Waals surface area contributed by atoms with Gasteiger partial charge in [-0.05, 0) is 62.9 Å². The minimum absolute atomic E-state index is 0.0533. The Morgan fingerprint density at radius 1 is 1.25 bits per heavy atom. The first-order chi connectivity index (χ1) is 15.4. The quantitative estimate of drug-likeness (QED) is 0.312. The van der Waals surface area contributed by atoms with E-state index in [0.29, 0.717) is 10.7 Å². The molecular weight excluding hydrogens is 442 g/mol. The second kappa shape index (κ2) is 8.74. The molecule has 8 heteroatoms. The number of likely N-dealkylation sites (tertiary alicyclic amines) is 1. The van der Waals surface area contributed by atoms with Crippen LogP contribution in [0.25, 0.3) is 10.9 Å². The van der Waals surface area contributed by atoms with Gasteiger partial charge in [-0.25, -0.2) is 9.97 Å². The Kier molecular flexibility index (Phi) is 5.96. The molecule has 0 amide bonds. The number of aliphatic hydroxyl groups is 1. The minimum Gasteiger partial charge on any atom is -0.497 e. The fourth-order valence-electron chi connectivity index (χ4n) is 4.32. The summed E-state index contributed by atoms with van der Waals surface area (Å²) in [4.78, 5) is 26.1. The summed E-state index contributed by atoms with van der Waals surface area (Å²) in [5.74, 6) is 1.76. The molecule has 0 spiro atoms. The Morgan fingerprint density at radius 2 is 2.03 bits per heavy atom. The fourth-order valence-corrected chi connectivity index (χ4v) is 6.44. The Labute approximate surface area is 196 Å². The second-order valence-electron chi connectivity index (χ2n) is 8.63. The van der Waals surface area contributed by atoms with Crippen LogP contribution in [0, 0.1) is 6.92 Å². The molecule has 3 aromatic rings. The molecule has 3 heterocycles. The van der Waals surface area contributed by atoms with Gasteiger partial charge in [0.2, 0.25) is 0 Å². The summed E-state index contributed by atoms with van der Waals surface area (Å²) in [6.45, 7) is 3.72. The standard InChI is InChI=1S/C24H27N3O3S2/c1-15-25-19-6-5-17(30-2)13-18(19)23(26-15)31-14-20(28)21-7-8-22(32-21)24(29)9-11-27(12-10-24)16-3-4-16/h5-8,13,16,29H,3-4,9-12,14H2,1-2H3. The number of piperidine rings is 1. The number of aryl methyl sites for hydroxylation is 1. The van der Waals surface area contributed by atoms with Crippen LogP contribution in [0.5, 0.6) is 5.75 Å². The van der Waals surface area contributed by atoms with Crippen LogP contribution in [0.1, 0.15) is 46.1 Å². The number of hydrogen-bond donors (Lipinski definition) is 1. The summed E-state index contributed by atoms with van der Waals surface area (Å²) >= 11 is 2.86. The normalized spacial score (nSPS) is 18.7. The Bertz CT molecular complexity index is 1150. The topological polar surface area (TPSA) is 75.5 Å². The van der Waals surface area contributed by atoms with Gasteiger partial charge in [-0.15, -0.1) is 11.3 Å². The number of nitrogens with zero attached hydrogens (tertiary/aromatic N) is 3. The van der Waals surface area contributed by atoms with Crippen molar-refractivity contribution in [1.82, 2.24) is 14.9 Å². The smallest absolute Gasteiger partial charge is 0.183 e. The highest BCUT2D eigenvalue weighted by Gasteiger charge is 2.39. The third-order valence-corrected chi connectivity index (χ3v) is 8.66. The first kappa shape index (κ1) is 21.8. The van der Waals surface area contributed by atoms with Gasteiger partial charge in [0.25, 0.3) is 0 Å². The number of Topliss-reactive ketones (excluding diaryl/α,β-unsaturated/α-hetero) is 1. The van der Waals surface area contributed by atoms with Crippen LogP contribution in [-0.4, -0.2) is 57.8 Å². The van der Waals surface area contributed by atoms with Gasteiger partial charge in [-0.2, -0.15) is 0 Å². The molecule has 1 N–H and O–H groups in total. The van der Waals surface area contributed by atoms with Crippen molar-refractivity contribution in [2.24, 2.45) is 0 Å². The molecule has 0 atom stereocenters. The summed E-state index contributed by atoms with van der Waals surface area (Å²) in [7, 11) is 1.63. The van der Waals surface area contributed by atoms with E-state index in [9.17, 15) is 9.90 Å². The van der Waals surface area contributed by atoms with Crippen molar-refractivity contribution in [3.05, 3.63) is 45.9 Å². The number of thiophene rings is 1. The van der Waals surface area contributed by atoms with E-state index in [1.807, 2.05) is 37.3 Å². The van der Waals surface area contributed by atoms with Gasteiger partial charge < -0.3 is 14.7 Å². The number of ketones is 1. The lowest BCUT2D eigenvalue weighted by atomic mass is 9.90. The van der Waals surface area contributed by atoms with E-state index >= 15 is 0 Å². The molecule has 0 radical (unpaired) electrons. The molecule has 0 unspecified atom stereocenters. The third-order valence-electron chi connectivity index (χ3n) is 6.35. The van der Waals surface area contributed by atoms with E-state index in [-0.39, 0.29) is 11.5 Å². The molecule has 0 bridgehead atoms. The lowest BCUT2D eigenvalue weighted by Gasteiger charge is -2.37. The first-order valence-corrected chi connectivity index (χ1v) is 12.8. The van der Waals surface area contributed by atoms with Gasteiger partial charge in [0.05, 0.1) is 23.3 Å². The van der Waals surface area contributed by atoms with Crippen LogP contribution >= 0.6 is 23.1 Å². The van der Waals surface area contributed by atoms with Crippen LogP contribution in [0.2, 0.25) is 0 Å². The SMILES string of the molecule is COc1ccc2nc(C)nc(SCC(=O)c3ccc(C4(O)CCN(C5CC5)CC4)s3)c2c1. The van der Waals surface area contributed by atoms with E-state index < -0.39 is 5.60 Å². The second-order valence-corrected chi connectivity index (χ2v) is 10.7. The van der Waals surface area contributed by atoms with Gasteiger partial charge in [-0.1, -0.05) is 11.8 Å². The molecule has 1 aliphatic heterocycles. The molecule has 1 saturated heterocycles. The molecular formula is C24H27N3O3S2. The van der Waals surface area contributed by atoms with Crippen molar-refractivity contribution in [2.45, 2.75) is 49.3 Å². The lowest BCUT2D eigenvalue weighted by molar-refractivity contribution is -0.0248. The van der Waals surface area contributed by atoms with E-state index in [1.165, 1.54) is 35.9 Å². The average Bonchev–Trinajstić information content (AvgIpc) is 3.52. The van der Waals surface area contributed by atoms with Gasteiger partial charge in [0, 0.05) is 29.4 Å². The predicted molar refractivity (Wildman–Crippen MR) is 128 cm³/mol.